The highest BCUT2D eigenvalue weighted by Crippen LogP contribution is 2.62. The topological polar surface area (TPSA) is 43.4 Å². The Morgan fingerprint density at radius 1 is 0.964 bits per heavy atom. The Morgan fingerprint density at radius 2 is 1.79 bits per heavy atom. The van der Waals surface area contributed by atoms with Gasteiger partial charge in [-0.15, -0.1) is 0 Å². The maximum absolute atomic E-state index is 12.8. The summed E-state index contributed by atoms with van der Waals surface area (Å²) in [5.74, 6) is 3.51. The van der Waals surface area contributed by atoms with Crippen LogP contribution in [0.15, 0.2) is 11.6 Å². The number of ether oxygens (including phenoxy) is 1. The van der Waals surface area contributed by atoms with Crippen LogP contribution in [0.5, 0.6) is 0 Å². The fourth-order valence-corrected chi connectivity index (χ4v) is 7.90. The molecular weight excluding hydrogens is 348 g/mol. The van der Waals surface area contributed by atoms with Crippen molar-refractivity contribution >= 4 is 11.8 Å². The average molecular weight is 385 g/mol. The van der Waals surface area contributed by atoms with Crippen molar-refractivity contribution in [2.24, 2.45) is 35.0 Å². The molecule has 5 aliphatic carbocycles. The average Bonchev–Trinajstić information content (AvgIpc) is 3.04. The number of carbonyl (C=O) groups excluding carboxylic acids is 2. The van der Waals surface area contributed by atoms with Crippen LogP contribution in [0.1, 0.15) is 90.4 Å². The zero-order chi connectivity index (χ0) is 19.3. The van der Waals surface area contributed by atoms with Gasteiger partial charge in [-0.2, -0.15) is 0 Å². The lowest BCUT2D eigenvalue weighted by molar-refractivity contribution is -0.164. The standard InChI is InChI=1S/C25H36O3/c1-25-14-13-20-19-10-8-18(26)15-17(19)7-9-21(20)22(25)11-12-23(25)28-24(27)16-5-3-2-4-6-16/h15-16,19-23H,2-14H2,1H3/t19-,20+,21+,22-,23-,25-/m0/s1. The smallest absolute Gasteiger partial charge is 0.309 e. The summed E-state index contributed by atoms with van der Waals surface area (Å²) in [7, 11) is 0. The Labute approximate surface area is 169 Å². The number of rotatable bonds is 2. The highest BCUT2D eigenvalue weighted by Gasteiger charge is 2.57. The quantitative estimate of drug-likeness (QED) is 0.580. The summed E-state index contributed by atoms with van der Waals surface area (Å²) in [6, 6.07) is 0. The first kappa shape index (κ1) is 18.9. The molecule has 28 heavy (non-hydrogen) atoms. The molecule has 0 saturated heterocycles. The van der Waals surface area contributed by atoms with Crippen LogP contribution in [-0.4, -0.2) is 17.9 Å². The van der Waals surface area contributed by atoms with E-state index in [1.54, 1.807) is 0 Å². The van der Waals surface area contributed by atoms with E-state index in [4.69, 9.17) is 4.74 Å². The summed E-state index contributed by atoms with van der Waals surface area (Å²) >= 11 is 0. The maximum Gasteiger partial charge on any atom is 0.309 e. The number of fused-ring (bicyclic) bond motifs is 5. The molecule has 0 unspecified atom stereocenters. The Hall–Kier alpha value is -1.12. The molecule has 4 saturated carbocycles. The third-order valence-electron chi connectivity index (χ3n) is 9.41. The Bertz CT molecular complexity index is 673. The van der Waals surface area contributed by atoms with Gasteiger partial charge in [-0.3, -0.25) is 9.59 Å². The van der Waals surface area contributed by atoms with Crippen LogP contribution in [0.25, 0.3) is 0 Å². The number of allylic oxidation sites excluding steroid dienone is 1. The Balaban J connectivity index is 1.29. The molecule has 0 amide bonds. The monoisotopic (exact) mass is 384 g/mol. The van der Waals surface area contributed by atoms with E-state index in [9.17, 15) is 9.59 Å². The van der Waals surface area contributed by atoms with E-state index in [1.807, 2.05) is 6.08 Å². The first-order valence-electron chi connectivity index (χ1n) is 12.0. The number of esters is 1. The zero-order valence-corrected chi connectivity index (χ0v) is 17.5. The third kappa shape index (κ3) is 3.08. The Morgan fingerprint density at radius 3 is 2.61 bits per heavy atom. The first-order valence-corrected chi connectivity index (χ1v) is 12.0. The molecule has 0 aliphatic heterocycles. The van der Waals surface area contributed by atoms with Crippen LogP contribution in [0.3, 0.4) is 0 Å². The van der Waals surface area contributed by atoms with Crippen LogP contribution in [-0.2, 0) is 14.3 Å². The molecule has 3 nitrogen and oxygen atoms in total. The minimum atomic E-state index is 0.105. The molecular formula is C25H36O3. The molecule has 6 atom stereocenters. The molecule has 4 fully saturated rings. The molecule has 0 N–H and O–H groups in total. The van der Waals surface area contributed by atoms with E-state index < -0.39 is 0 Å². The van der Waals surface area contributed by atoms with Gasteiger partial charge in [0.25, 0.3) is 0 Å². The van der Waals surface area contributed by atoms with E-state index >= 15 is 0 Å². The van der Waals surface area contributed by atoms with Crippen LogP contribution in [0.4, 0.5) is 0 Å². The highest BCUT2D eigenvalue weighted by molar-refractivity contribution is 5.91. The first-order chi connectivity index (χ1) is 13.6. The van der Waals surface area contributed by atoms with Gasteiger partial charge in [0.15, 0.2) is 5.78 Å². The van der Waals surface area contributed by atoms with Crippen molar-refractivity contribution in [2.45, 2.75) is 96.5 Å². The van der Waals surface area contributed by atoms with Crippen molar-refractivity contribution in [1.82, 2.24) is 0 Å². The summed E-state index contributed by atoms with van der Waals surface area (Å²) in [5, 5.41) is 0. The van der Waals surface area contributed by atoms with Crippen LogP contribution >= 0.6 is 0 Å². The largest absolute Gasteiger partial charge is 0.462 e. The van der Waals surface area contributed by atoms with Crippen molar-refractivity contribution in [3.63, 3.8) is 0 Å². The zero-order valence-electron chi connectivity index (χ0n) is 17.5. The minimum Gasteiger partial charge on any atom is -0.462 e. The fourth-order valence-electron chi connectivity index (χ4n) is 7.90. The lowest BCUT2D eigenvalue weighted by Gasteiger charge is -2.53. The van der Waals surface area contributed by atoms with Crippen molar-refractivity contribution in [3.8, 4) is 0 Å². The molecule has 0 aromatic rings. The molecule has 0 radical (unpaired) electrons. The third-order valence-corrected chi connectivity index (χ3v) is 9.41. The molecule has 5 aliphatic rings. The molecule has 0 spiro atoms. The highest BCUT2D eigenvalue weighted by atomic mass is 16.5. The van der Waals surface area contributed by atoms with Gasteiger partial charge in [0.05, 0.1) is 5.92 Å². The van der Waals surface area contributed by atoms with Gasteiger partial charge in [-0.25, -0.2) is 0 Å². The molecule has 0 heterocycles. The van der Waals surface area contributed by atoms with Gasteiger partial charge in [0, 0.05) is 11.8 Å². The molecule has 0 aromatic carbocycles. The van der Waals surface area contributed by atoms with E-state index in [2.05, 4.69) is 6.92 Å². The fraction of sp³-hybridized carbons (Fsp3) is 0.840. The van der Waals surface area contributed by atoms with Crippen molar-refractivity contribution in [3.05, 3.63) is 11.6 Å². The maximum atomic E-state index is 12.8. The van der Waals surface area contributed by atoms with Gasteiger partial charge >= 0.3 is 5.97 Å². The molecule has 0 aromatic heterocycles. The van der Waals surface area contributed by atoms with Crippen molar-refractivity contribution < 1.29 is 14.3 Å². The molecule has 0 bridgehead atoms. The van der Waals surface area contributed by atoms with Crippen molar-refractivity contribution in [2.75, 3.05) is 0 Å². The minimum absolute atomic E-state index is 0.105. The number of hydrogen-bond donors (Lipinski definition) is 0. The Kier molecular flexibility index (Phi) is 4.92. The van der Waals surface area contributed by atoms with Gasteiger partial charge in [-0.1, -0.05) is 31.8 Å². The van der Waals surface area contributed by atoms with Crippen LogP contribution in [0, 0.1) is 35.0 Å². The normalized spacial score (nSPS) is 43.5. The number of carbonyl (C=O) groups is 2. The SMILES string of the molecule is C[C@]12CC[C@H]3[C@@H](CCC4=CC(=O)CC[C@@H]43)[C@@H]1CC[C@@H]2OC(=O)C1CCCCC1. The summed E-state index contributed by atoms with van der Waals surface area (Å²) in [6.07, 6.45) is 16.8. The second-order valence-electron chi connectivity index (χ2n) is 10.7. The summed E-state index contributed by atoms with van der Waals surface area (Å²) in [4.78, 5) is 24.7. The number of ketones is 1. The molecule has 5 rings (SSSR count). The van der Waals surface area contributed by atoms with Gasteiger partial charge in [0.2, 0.25) is 0 Å². The van der Waals surface area contributed by atoms with E-state index in [0.29, 0.717) is 17.6 Å². The molecule has 154 valence electrons. The van der Waals surface area contributed by atoms with E-state index in [-0.39, 0.29) is 23.4 Å². The summed E-state index contributed by atoms with van der Waals surface area (Å²) < 4.78 is 6.23. The van der Waals surface area contributed by atoms with E-state index in [1.165, 1.54) is 50.5 Å². The predicted octanol–water partition coefficient (Wildman–Crippen LogP) is 5.62. The second-order valence-corrected chi connectivity index (χ2v) is 10.7. The van der Waals surface area contributed by atoms with Gasteiger partial charge in [-0.05, 0) is 87.5 Å². The second kappa shape index (κ2) is 7.29. The predicted molar refractivity (Wildman–Crippen MR) is 109 cm³/mol. The number of hydrogen-bond acceptors (Lipinski definition) is 3. The lowest BCUT2D eigenvalue weighted by Crippen LogP contribution is -2.48. The summed E-state index contributed by atoms with van der Waals surface area (Å²) in [6.45, 7) is 2.43. The van der Waals surface area contributed by atoms with Gasteiger partial charge < -0.3 is 4.74 Å². The van der Waals surface area contributed by atoms with Crippen LogP contribution in [0.2, 0.25) is 0 Å². The van der Waals surface area contributed by atoms with Crippen molar-refractivity contribution in [1.29, 1.82) is 0 Å². The summed E-state index contributed by atoms with van der Waals surface area (Å²) in [5.41, 5.74) is 1.64. The van der Waals surface area contributed by atoms with E-state index in [0.717, 1.165) is 50.4 Å². The van der Waals surface area contributed by atoms with Crippen LogP contribution < -0.4 is 0 Å². The lowest BCUT2D eigenvalue weighted by atomic mass is 9.52. The molecule has 3 heteroatoms. The van der Waals surface area contributed by atoms with Gasteiger partial charge in [0.1, 0.15) is 6.10 Å².